The zero-order valence-corrected chi connectivity index (χ0v) is 12.2. The number of hydrogen-bond donors (Lipinski definition) is 0. The van der Waals surface area contributed by atoms with Crippen LogP contribution in [0.2, 0.25) is 0 Å². The van der Waals surface area contributed by atoms with E-state index in [1.54, 1.807) is 0 Å². The third-order valence-electron chi connectivity index (χ3n) is 4.27. The molecular formula is C12H21BrO2S. The topological polar surface area (TPSA) is 34.1 Å². The van der Waals surface area contributed by atoms with Crippen LogP contribution in [-0.4, -0.2) is 24.8 Å². The number of rotatable bonds is 4. The molecule has 4 heteroatoms. The fourth-order valence-electron chi connectivity index (χ4n) is 3.23. The first-order chi connectivity index (χ1) is 7.58. The molecule has 0 aromatic heterocycles. The molecule has 2 rings (SSSR count). The van der Waals surface area contributed by atoms with Crippen LogP contribution in [0.15, 0.2) is 0 Å². The van der Waals surface area contributed by atoms with Crippen LogP contribution >= 0.6 is 15.9 Å². The van der Waals surface area contributed by atoms with Gasteiger partial charge in [0, 0.05) is 5.33 Å². The van der Waals surface area contributed by atoms with Gasteiger partial charge in [0.15, 0.2) is 9.84 Å². The summed E-state index contributed by atoms with van der Waals surface area (Å²) >= 11 is 3.53. The summed E-state index contributed by atoms with van der Waals surface area (Å²) in [6.07, 6.45) is 8.59. The maximum atomic E-state index is 12.3. The Hall–Kier alpha value is 0.430. The lowest BCUT2D eigenvalue weighted by Gasteiger charge is -2.27. The van der Waals surface area contributed by atoms with E-state index in [1.807, 2.05) is 0 Å². The molecule has 2 aliphatic rings. The molecule has 0 radical (unpaired) electrons. The van der Waals surface area contributed by atoms with E-state index in [4.69, 9.17) is 0 Å². The molecule has 0 aromatic rings. The summed E-state index contributed by atoms with van der Waals surface area (Å²) in [5, 5.41) is 0.829. The van der Waals surface area contributed by atoms with Crippen LogP contribution in [0.4, 0.5) is 0 Å². The maximum Gasteiger partial charge on any atom is 0.153 e. The van der Waals surface area contributed by atoms with Gasteiger partial charge in [0.1, 0.15) is 0 Å². The molecule has 0 amide bonds. The molecule has 0 bridgehead atoms. The van der Waals surface area contributed by atoms with Gasteiger partial charge in [-0.1, -0.05) is 41.6 Å². The molecule has 0 atom stereocenters. The highest BCUT2D eigenvalue weighted by Gasteiger charge is 2.40. The fraction of sp³-hybridized carbons (Fsp3) is 1.00. The normalized spacial score (nSPS) is 26.3. The molecule has 0 unspecified atom stereocenters. The molecule has 2 aliphatic carbocycles. The van der Waals surface area contributed by atoms with Crippen LogP contribution in [0.1, 0.15) is 51.4 Å². The second-order valence-electron chi connectivity index (χ2n) is 5.55. The van der Waals surface area contributed by atoms with Crippen molar-refractivity contribution < 1.29 is 8.42 Å². The molecule has 16 heavy (non-hydrogen) atoms. The van der Waals surface area contributed by atoms with Crippen LogP contribution in [0, 0.1) is 5.41 Å². The van der Waals surface area contributed by atoms with Crippen molar-refractivity contribution in [2.75, 3.05) is 11.1 Å². The van der Waals surface area contributed by atoms with Crippen LogP contribution in [0.3, 0.4) is 0 Å². The predicted molar refractivity (Wildman–Crippen MR) is 70.7 cm³/mol. The quantitative estimate of drug-likeness (QED) is 0.747. The summed E-state index contributed by atoms with van der Waals surface area (Å²) in [5.41, 5.74) is 0.0570. The third kappa shape index (κ3) is 2.63. The predicted octanol–water partition coefficient (Wildman–Crippen LogP) is 3.30. The Labute approximate surface area is 107 Å². The molecular weight excluding hydrogens is 288 g/mol. The van der Waals surface area contributed by atoms with Gasteiger partial charge in [0.25, 0.3) is 0 Å². The highest BCUT2D eigenvalue weighted by molar-refractivity contribution is 9.09. The fourth-order valence-corrected chi connectivity index (χ4v) is 6.79. The van der Waals surface area contributed by atoms with Crippen molar-refractivity contribution in [2.45, 2.75) is 56.6 Å². The van der Waals surface area contributed by atoms with E-state index >= 15 is 0 Å². The molecule has 0 aliphatic heterocycles. The summed E-state index contributed by atoms with van der Waals surface area (Å²) in [6, 6.07) is 0. The minimum Gasteiger partial charge on any atom is -0.229 e. The molecule has 0 spiro atoms. The van der Waals surface area contributed by atoms with Gasteiger partial charge < -0.3 is 0 Å². The molecule has 0 aromatic carbocycles. The second-order valence-corrected chi connectivity index (χ2v) is 8.40. The summed E-state index contributed by atoms with van der Waals surface area (Å²) in [7, 11) is -2.84. The SMILES string of the molecule is O=S(=O)(CC1(CBr)CCCC1)C1CCCC1. The first kappa shape index (κ1) is 12.9. The molecule has 0 N–H and O–H groups in total. The Morgan fingerprint density at radius 1 is 1.06 bits per heavy atom. The number of alkyl halides is 1. The van der Waals surface area contributed by atoms with Crippen LogP contribution in [0.25, 0.3) is 0 Å². The van der Waals surface area contributed by atoms with E-state index in [9.17, 15) is 8.42 Å². The highest BCUT2D eigenvalue weighted by atomic mass is 79.9. The van der Waals surface area contributed by atoms with Crippen molar-refractivity contribution in [3.8, 4) is 0 Å². The molecule has 0 heterocycles. The Morgan fingerprint density at radius 3 is 2.12 bits per heavy atom. The van der Waals surface area contributed by atoms with E-state index in [-0.39, 0.29) is 10.7 Å². The zero-order valence-electron chi connectivity index (χ0n) is 9.75. The monoisotopic (exact) mass is 308 g/mol. The van der Waals surface area contributed by atoms with Crippen molar-refractivity contribution in [3.63, 3.8) is 0 Å². The van der Waals surface area contributed by atoms with Gasteiger partial charge in [-0.05, 0) is 31.1 Å². The molecule has 0 saturated heterocycles. The van der Waals surface area contributed by atoms with Gasteiger partial charge in [0.05, 0.1) is 11.0 Å². The standard InChI is InChI=1S/C12H21BrO2S/c13-9-12(7-3-4-8-12)10-16(14,15)11-5-1-2-6-11/h11H,1-10H2. The molecule has 94 valence electrons. The van der Waals surface area contributed by atoms with Gasteiger partial charge in [-0.15, -0.1) is 0 Å². The average Bonchev–Trinajstić information content (AvgIpc) is 2.87. The van der Waals surface area contributed by atoms with Gasteiger partial charge in [-0.2, -0.15) is 0 Å². The molecule has 2 saturated carbocycles. The van der Waals surface area contributed by atoms with Crippen LogP contribution in [0.5, 0.6) is 0 Å². The van der Waals surface area contributed by atoms with E-state index < -0.39 is 9.84 Å². The number of halogens is 1. The highest BCUT2D eigenvalue weighted by Crippen LogP contribution is 2.42. The second kappa shape index (κ2) is 4.97. The first-order valence-electron chi connectivity index (χ1n) is 6.36. The molecule has 2 nitrogen and oxygen atoms in total. The van der Waals surface area contributed by atoms with Crippen LogP contribution in [-0.2, 0) is 9.84 Å². The van der Waals surface area contributed by atoms with Gasteiger partial charge in [-0.25, -0.2) is 8.42 Å². The van der Waals surface area contributed by atoms with Crippen molar-refractivity contribution >= 4 is 25.8 Å². The Bertz CT molecular complexity index is 325. The lowest BCUT2D eigenvalue weighted by Crippen LogP contribution is -2.33. The third-order valence-corrected chi connectivity index (χ3v) is 7.96. The lowest BCUT2D eigenvalue weighted by molar-refractivity contribution is 0.392. The summed E-state index contributed by atoms with van der Waals surface area (Å²) in [4.78, 5) is 0. The average molecular weight is 309 g/mol. The van der Waals surface area contributed by atoms with E-state index in [2.05, 4.69) is 15.9 Å². The smallest absolute Gasteiger partial charge is 0.153 e. The van der Waals surface area contributed by atoms with Crippen molar-refractivity contribution in [1.29, 1.82) is 0 Å². The first-order valence-corrected chi connectivity index (χ1v) is 9.19. The van der Waals surface area contributed by atoms with E-state index in [1.165, 1.54) is 12.8 Å². The van der Waals surface area contributed by atoms with Crippen LogP contribution < -0.4 is 0 Å². The maximum absolute atomic E-state index is 12.3. The Balaban J connectivity index is 2.06. The molecule has 2 fully saturated rings. The van der Waals surface area contributed by atoms with Gasteiger partial charge >= 0.3 is 0 Å². The van der Waals surface area contributed by atoms with Crippen molar-refractivity contribution in [1.82, 2.24) is 0 Å². The largest absolute Gasteiger partial charge is 0.229 e. The number of sulfone groups is 1. The van der Waals surface area contributed by atoms with E-state index in [0.29, 0.717) is 5.75 Å². The van der Waals surface area contributed by atoms with E-state index in [0.717, 1.165) is 43.9 Å². The van der Waals surface area contributed by atoms with Crippen molar-refractivity contribution in [2.24, 2.45) is 5.41 Å². The zero-order chi connectivity index (χ0) is 11.6. The Kier molecular flexibility index (Phi) is 4.00. The Morgan fingerprint density at radius 2 is 1.62 bits per heavy atom. The van der Waals surface area contributed by atoms with Crippen molar-refractivity contribution in [3.05, 3.63) is 0 Å². The number of hydrogen-bond acceptors (Lipinski definition) is 2. The minimum atomic E-state index is -2.84. The lowest BCUT2D eigenvalue weighted by atomic mass is 9.92. The van der Waals surface area contributed by atoms with Gasteiger partial charge in [0.2, 0.25) is 0 Å². The summed E-state index contributed by atoms with van der Waals surface area (Å²) in [5.74, 6) is 0.427. The summed E-state index contributed by atoms with van der Waals surface area (Å²) in [6.45, 7) is 0. The minimum absolute atomic E-state index is 0.0241. The van der Waals surface area contributed by atoms with Gasteiger partial charge in [-0.3, -0.25) is 0 Å². The summed E-state index contributed by atoms with van der Waals surface area (Å²) < 4.78 is 24.7.